The molecule has 0 N–H and O–H groups in total. The number of allylic oxidation sites excluding steroid dienone is 1. The van der Waals surface area contributed by atoms with Crippen molar-refractivity contribution in [1.82, 2.24) is 0 Å². The molecule has 3 heteroatoms. The maximum absolute atomic E-state index is 11.9. The number of rotatable bonds is 2. The van der Waals surface area contributed by atoms with Crippen molar-refractivity contribution in [3.8, 4) is 0 Å². The van der Waals surface area contributed by atoms with Gasteiger partial charge in [-0.2, -0.15) is 0 Å². The van der Waals surface area contributed by atoms with Crippen LogP contribution in [0.5, 0.6) is 0 Å². The van der Waals surface area contributed by atoms with Crippen LogP contribution >= 0.6 is 0 Å². The van der Waals surface area contributed by atoms with Crippen molar-refractivity contribution in [1.29, 1.82) is 0 Å². The third kappa shape index (κ3) is 2.47. The van der Waals surface area contributed by atoms with E-state index in [1.54, 1.807) is 13.0 Å². The summed E-state index contributed by atoms with van der Waals surface area (Å²) in [5, 5.41) is 0. The highest BCUT2D eigenvalue weighted by molar-refractivity contribution is 5.88. The molecule has 0 aromatic heterocycles. The summed E-state index contributed by atoms with van der Waals surface area (Å²) in [6, 6.07) is 0. The van der Waals surface area contributed by atoms with Gasteiger partial charge in [0.15, 0.2) is 0 Å². The first-order valence-corrected chi connectivity index (χ1v) is 7.24. The smallest absolute Gasteiger partial charge is 0.333 e. The molecule has 0 amide bonds. The SMILES string of the molecule is CC=C(C)C(=O)O[C@@H]1CC[C@H](C)[C@@]2(C)CC(=O)C[C@@H]12. The molecule has 0 aromatic rings. The van der Waals surface area contributed by atoms with E-state index in [2.05, 4.69) is 13.8 Å². The van der Waals surface area contributed by atoms with Gasteiger partial charge in [-0.05, 0) is 38.0 Å². The second kappa shape index (κ2) is 5.10. The van der Waals surface area contributed by atoms with Crippen molar-refractivity contribution in [2.45, 2.75) is 59.5 Å². The predicted molar refractivity (Wildman–Crippen MR) is 73.5 cm³/mol. The van der Waals surface area contributed by atoms with Gasteiger partial charge < -0.3 is 4.74 Å². The standard InChI is InChI=1S/C16H24O3/c1-5-10(2)15(18)19-14-7-6-11(3)16(4)9-12(17)8-13(14)16/h5,11,13-14H,6-9H2,1-4H3/t11-,13-,14+,16+/m0/s1. The zero-order valence-corrected chi connectivity index (χ0v) is 12.4. The van der Waals surface area contributed by atoms with Crippen LogP contribution in [-0.2, 0) is 14.3 Å². The summed E-state index contributed by atoms with van der Waals surface area (Å²) in [7, 11) is 0. The molecule has 2 rings (SSSR count). The molecule has 0 bridgehead atoms. The maximum Gasteiger partial charge on any atom is 0.333 e. The number of hydrogen-bond donors (Lipinski definition) is 0. The highest BCUT2D eigenvalue weighted by Crippen LogP contribution is 2.54. The van der Waals surface area contributed by atoms with Gasteiger partial charge >= 0.3 is 5.97 Å². The summed E-state index contributed by atoms with van der Waals surface area (Å²) in [4.78, 5) is 23.8. The fourth-order valence-electron chi connectivity index (χ4n) is 3.64. The Labute approximate surface area is 115 Å². The summed E-state index contributed by atoms with van der Waals surface area (Å²) < 4.78 is 5.66. The van der Waals surface area contributed by atoms with E-state index in [0.29, 0.717) is 30.1 Å². The van der Waals surface area contributed by atoms with Crippen molar-refractivity contribution in [3.05, 3.63) is 11.6 Å². The first kappa shape index (κ1) is 14.3. The van der Waals surface area contributed by atoms with Crippen LogP contribution in [0.2, 0.25) is 0 Å². The number of carbonyl (C=O) groups excluding carboxylic acids is 2. The van der Waals surface area contributed by atoms with Gasteiger partial charge in [-0.3, -0.25) is 4.79 Å². The van der Waals surface area contributed by atoms with Crippen LogP contribution < -0.4 is 0 Å². The lowest BCUT2D eigenvalue weighted by Crippen LogP contribution is -2.43. The number of ketones is 1. The topological polar surface area (TPSA) is 43.4 Å². The van der Waals surface area contributed by atoms with Gasteiger partial charge in [0.05, 0.1) is 0 Å². The molecular formula is C16H24O3. The normalized spacial score (nSPS) is 39.1. The molecule has 2 saturated carbocycles. The highest BCUT2D eigenvalue weighted by Gasteiger charge is 2.53. The first-order valence-electron chi connectivity index (χ1n) is 7.24. The summed E-state index contributed by atoms with van der Waals surface area (Å²) in [5.41, 5.74) is 0.661. The molecular weight excluding hydrogens is 240 g/mol. The van der Waals surface area contributed by atoms with Crippen LogP contribution in [0.4, 0.5) is 0 Å². The Morgan fingerprint density at radius 3 is 2.74 bits per heavy atom. The van der Waals surface area contributed by atoms with Crippen LogP contribution in [0.1, 0.15) is 53.4 Å². The molecule has 0 aliphatic heterocycles. The lowest BCUT2D eigenvalue weighted by Gasteiger charge is -2.45. The van der Waals surface area contributed by atoms with Crippen LogP contribution in [0, 0.1) is 17.3 Å². The number of fused-ring (bicyclic) bond motifs is 1. The molecule has 0 spiro atoms. The van der Waals surface area contributed by atoms with Crippen molar-refractivity contribution in [2.75, 3.05) is 0 Å². The minimum Gasteiger partial charge on any atom is -0.459 e. The average molecular weight is 264 g/mol. The van der Waals surface area contributed by atoms with E-state index >= 15 is 0 Å². The molecule has 19 heavy (non-hydrogen) atoms. The van der Waals surface area contributed by atoms with Crippen molar-refractivity contribution in [3.63, 3.8) is 0 Å². The van der Waals surface area contributed by atoms with Crippen molar-refractivity contribution in [2.24, 2.45) is 17.3 Å². The fraction of sp³-hybridized carbons (Fsp3) is 0.750. The lowest BCUT2D eigenvalue weighted by atomic mass is 9.62. The number of esters is 1. The Morgan fingerprint density at radius 1 is 1.42 bits per heavy atom. The van der Waals surface area contributed by atoms with E-state index in [-0.39, 0.29) is 23.4 Å². The summed E-state index contributed by atoms with van der Waals surface area (Å²) >= 11 is 0. The lowest BCUT2D eigenvalue weighted by molar-refractivity contribution is -0.154. The molecule has 0 saturated heterocycles. The summed E-state index contributed by atoms with van der Waals surface area (Å²) in [6.07, 6.45) is 4.83. The average Bonchev–Trinajstić information content (AvgIpc) is 2.69. The monoisotopic (exact) mass is 264 g/mol. The van der Waals surface area contributed by atoms with Gasteiger partial charge in [0.25, 0.3) is 0 Å². The molecule has 4 atom stereocenters. The van der Waals surface area contributed by atoms with E-state index in [0.717, 1.165) is 12.8 Å². The van der Waals surface area contributed by atoms with E-state index in [4.69, 9.17) is 4.74 Å². The number of carbonyl (C=O) groups is 2. The third-order valence-corrected chi connectivity index (χ3v) is 5.34. The van der Waals surface area contributed by atoms with E-state index in [1.165, 1.54) is 0 Å². The summed E-state index contributed by atoms with van der Waals surface area (Å²) in [6.45, 7) is 8.02. The van der Waals surface area contributed by atoms with Gasteiger partial charge in [0.2, 0.25) is 0 Å². The van der Waals surface area contributed by atoms with E-state index < -0.39 is 0 Å². The molecule has 0 heterocycles. The minimum atomic E-state index is -0.233. The molecule has 2 aliphatic carbocycles. The number of ether oxygens (including phenoxy) is 1. The van der Waals surface area contributed by atoms with Gasteiger partial charge in [-0.15, -0.1) is 0 Å². The largest absolute Gasteiger partial charge is 0.459 e. The fourth-order valence-corrected chi connectivity index (χ4v) is 3.64. The van der Waals surface area contributed by atoms with Crippen molar-refractivity contribution < 1.29 is 14.3 Å². The Morgan fingerprint density at radius 2 is 2.11 bits per heavy atom. The Balaban J connectivity index is 2.15. The molecule has 3 nitrogen and oxygen atoms in total. The molecule has 0 radical (unpaired) electrons. The van der Waals surface area contributed by atoms with E-state index in [1.807, 2.05) is 6.92 Å². The van der Waals surface area contributed by atoms with Gasteiger partial charge in [-0.25, -0.2) is 4.79 Å². The maximum atomic E-state index is 11.9. The first-order chi connectivity index (χ1) is 8.88. The van der Waals surface area contributed by atoms with E-state index in [9.17, 15) is 9.59 Å². The highest BCUT2D eigenvalue weighted by atomic mass is 16.5. The third-order valence-electron chi connectivity index (χ3n) is 5.34. The van der Waals surface area contributed by atoms with Gasteiger partial charge in [-0.1, -0.05) is 19.9 Å². The Hall–Kier alpha value is -1.12. The van der Waals surface area contributed by atoms with Gasteiger partial charge in [0.1, 0.15) is 11.9 Å². The second-order valence-corrected chi connectivity index (χ2v) is 6.43. The zero-order valence-electron chi connectivity index (χ0n) is 12.4. The molecule has 2 fully saturated rings. The molecule has 0 unspecified atom stereocenters. The summed E-state index contributed by atoms with van der Waals surface area (Å²) in [5.74, 6) is 0.827. The van der Waals surface area contributed by atoms with Crippen molar-refractivity contribution >= 4 is 11.8 Å². The quantitative estimate of drug-likeness (QED) is 0.568. The van der Waals surface area contributed by atoms with Gasteiger partial charge in [0, 0.05) is 24.3 Å². The molecule has 106 valence electrons. The zero-order chi connectivity index (χ0) is 14.2. The Bertz CT molecular complexity index is 424. The number of hydrogen-bond acceptors (Lipinski definition) is 3. The minimum absolute atomic E-state index is 0.0180. The van der Waals surface area contributed by atoms with Crippen LogP contribution in [0.25, 0.3) is 0 Å². The second-order valence-electron chi connectivity index (χ2n) is 6.43. The Kier molecular flexibility index (Phi) is 3.84. The molecule has 2 aliphatic rings. The van der Waals surface area contributed by atoms with Crippen LogP contribution in [-0.4, -0.2) is 17.9 Å². The number of Topliss-reactive ketones (excluding diaryl/α,β-unsaturated/α-hetero) is 1. The van der Waals surface area contributed by atoms with Crippen LogP contribution in [0.3, 0.4) is 0 Å². The molecule has 0 aromatic carbocycles. The predicted octanol–water partition coefficient (Wildman–Crippen LogP) is 3.28. The van der Waals surface area contributed by atoms with Crippen LogP contribution in [0.15, 0.2) is 11.6 Å².